The van der Waals surface area contributed by atoms with Gasteiger partial charge in [0, 0.05) is 13.0 Å². The van der Waals surface area contributed by atoms with Gasteiger partial charge in [0.15, 0.2) is 0 Å². The Balaban J connectivity index is 0. The molecule has 0 unspecified atom stereocenters. The predicted octanol–water partition coefficient (Wildman–Crippen LogP) is -0.981. The molecule has 50 valence electrons. The molecule has 0 radical (unpaired) electrons. The van der Waals surface area contributed by atoms with Crippen molar-refractivity contribution in [1.82, 2.24) is 0 Å². The largest absolute Gasteiger partial charge is 0.481 e. The van der Waals surface area contributed by atoms with E-state index in [2.05, 4.69) is 0 Å². The predicted molar refractivity (Wildman–Crippen MR) is 27.6 cm³/mol. The third-order valence-corrected chi connectivity index (χ3v) is 0.549. The van der Waals surface area contributed by atoms with Gasteiger partial charge in [0.1, 0.15) is 0 Å². The third-order valence-electron chi connectivity index (χ3n) is 0.549. The SMILES string of the molecule is O.O=C(O)CCCO. The van der Waals surface area contributed by atoms with E-state index < -0.39 is 5.97 Å². The Bertz CT molecular complexity index is 61.1. The van der Waals surface area contributed by atoms with Crippen LogP contribution in [0.15, 0.2) is 0 Å². The van der Waals surface area contributed by atoms with Gasteiger partial charge in [-0.25, -0.2) is 0 Å². The first-order valence-electron chi connectivity index (χ1n) is 2.10. The maximum Gasteiger partial charge on any atom is 0.303 e. The summed E-state index contributed by atoms with van der Waals surface area (Å²) in [4.78, 5) is 9.65. The molecule has 0 heterocycles. The number of rotatable bonds is 3. The number of aliphatic hydroxyl groups excluding tert-OH is 1. The minimum atomic E-state index is -0.853. The van der Waals surface area contributed by atoms with Crippen LogP contribution in [0.2, 0.25) is 0 Å². The van der Waals surface area contributed by atoms with Gasteiger partial charge in [-0.1, -0.05) is 0 Å². The van der Waals surface area contributed by atoms with Crippen LogP contribution < -0.4 is 0 Å². The van der Waals surface area contributed by atoms with E-state index in [0.29, 0.717) is 6.42 Å². The highest BCUT2D eigenvalue weighted by atomic mass is 16.4. The number of hydrogen-bond donors (Lipinski definition) is 2. The Morgan fingerprint density at radius 1 is 1.50 bits per heavy atom. The summed E-state index contributed by atoms with van der Waals surface area (Å²) in [5, 5.41) is 16.0. The van der Waals surface area contributed by atoms with Crippen molar-refractivity contribution in [1.29, 1.82) is 0 Å². The molecule has 0 aromatic carbocycles. The van der Waals surface area contributed by atoms with Crippen LogP contribution >= 0.6 is 0 Å². The number of aliphatic carboxylic acids is 1. The number of carboxylic acid groups (broad SMARTS) is 1. The van der Waals surface area contributed by atoms with Gasteiger partial charge in [0.2, 0.25) is 0 Å². The highest BCUT2D eigenvalue weighted by Crippen LogP contribution is 1.83. The van der Waals surface area contributed by atoms with E-state index in [4.69, 9.17) is 10.2 Å². The summed E-state index contributed by atoms with van der Waals surface area (Å²) in [6, 6.07) is 0. The summed E-state index contributed by atoms with van der Waals surface area (Å²) in [6.07, 6.45) is 0.422. The van der Waals surface area contributed by atoms with Gasteiger partial charge in [0.05, 0.1) is 0 Å². The lowest BCUT2D eigenvalue weighted by atomic mass is 10.3. The number of aliphatic hydroxyl groups is 1. The molecule has 0 aliphatic carbocycles. The molecule has 0 saturated carbocycles. The molecular formula is C4H10O4. The zero-order valence-corrected chi connectivity index (χ0v) is 4.42. The highest BCUT2D eigenvalue weighted by Gasteiger charge is 1.91. The first kappa shape index (κ1) is 10.4. The van der Waals surface area contributed by atoms with Gasteiger partial charge in [-0.3, -0.25) is 4.79 Å². The fraction of sp³-hybridized carbons (Fsp3) is 0.750. The zero-order valence-electron chi connectivity index (χ0n) is 4.42. The van der Waals surface area contributed by atoms with Gasteiger partial charge in [0.25, 0.3) is 0 Å². The molecule has 0 aliphatic rings. The van der Waals surface area contributed by atoms with Crippen molar-refractivity contribution in [2.45, 2.75) is 12.8 Å². The lowest BCUT2D eigenvalue weighted by Gasteiger charge is -1.85. The van der Waals surface area contributed by atoms with Crippen molar-refractivity contribution in [3.8, 4) is 0 Å². The maximum atomic E-state index is 9.65. The molecule has 0 amide bonds. The Kier molecular flexibility index (Phi) is 8.30. The molecule has 0 saturated heterocycles. The highest BCUT2D eigenvalue weighted by molar-refractivity contribution is 5.66. The standard InChI is InChI=1S/C4H8O3.H2O/c5-3-1-2-4(6)7;/h5H,1-3H2,(H,6,7);1H2. The molecule has 0 spiro atoms. The molecule has 0 aliphatic heterocycles. The fourth-order valence-corrected chi connectivity index (χ4v) is 0.230. The summed E-state index contributed by atoms with van der Waals surface area (Å²) < 4.78 is 0. The first-order valence-corrected chi connectivity index (χ1v) is 2.10. The number of carboxylic acids is 1. The van der Waals surface area contributed by atoms with Crippen molar-refractivity contribution < 1.29 is 20.5 Å². The summed E-state index contributed by atoms with van der Waals surface area (Å²) in [5.41, 5.74) is 0. The Labute approximate surface area is 47.1 Å². The van der Waals surface area contributed by atoms with Crippen molar-refractivity contribution in [2.75, 3.05) is 6.61 Å². The summed E-state index contributed by atoms with van der Waals surface area (Å²) in [5.74, 6) is -0.853. The average Bonchev–Trinajstić information content (AvgIpc) is 1.61. The van der Waals surface area contributed by atoms with Crippen LogP contribution in [0.4, 0.5) is 0 Å². The second-order valence-corrected chi connectivity index (χ2v) is 1.22. The first-order chi connectivity index (χ1) is 3.27. The van der Waals surface area contributed by atoms with Crippen LogP contribution in [-0.4, -0.2) is 28.3 Å². The monoisotopic (exact) mass is 122 g/mol. The molecule has 0 atom stereocenters. The van der Waals surface area contributed by atoms with Crippen molar-refractivity contribution in [3.63, 3.8) is 0 Å². The lowest BCUT2D eigenvalue weighted by Crippen LogP contribution is -1.95. The molecule has 8 heavy (non-hydrogen) atoms. The molecule has 0 aromatic rings. The van der Waals surface area contributed by atoms with Gasteiger partial charge in [-0.05, 0) is 6.42 Å². The molecule has 0 aromatic heterocycles. The second-order valence-electron chi connectivity index (χ2n) is 1.22. The van der Waals surface area contributed by atoms with Crippen LogP contribution in [0.25, 0.3) is 0 Å². The summed E-state index contributed by atoms with van der Waals surface area (Å²) >= 11 is 0. The fourth-order valence-electron chi connectivity index (χ4n) is 0.230. The van der Waals surface area contributed by atoms with Crippen molar-refractivity contribution in [3.05, 3.63) is 0 Å². The molecule has 4 heteroatoms. The lowest BCUT2D eigenvalue weighted by molar-refractivity contribution is -0.137. The van der Waals surface area contributed by atoms with E-state index in [0.717, 1.165) is 0 Å². The van der Waals surface area contributed by atoms with Gasteiger partial charge < -0.3 is 15.7 Å². The summed E-state index contributed by atoms with van der Waals surface area (Å²) in [6.45, 7) is -0.0354. The molecular weight excluding hydrogens is 112 g/mol. The van der Waals surface area contributed by atoms with Crippen LogP contribution in [0.3, 0.4) is 0 Å². The molecule has 4 nitrogen and oxygen atoms in total. The van der Waals surface area contributed by atoms with Crippen LogP contribution in [0.5, 0.6) is 0 Å². The maximum absolute atomic E-state index is 9.65. The average molecular weight is 122 g/mol. The van der Waals surface area contributed by atoms with E-state index in [1.54, 1.807) is 0 Å². The Hall–Kier alpha value is -0.610. The van der Waals surface area contributed by atoms with Gasteiger partial charge in [-0.2, -0.15) is 0 Å². The van der Waals surface area contributed by atoms with Crippen LogP contribution in [0.1, 0.15) is 12.8 Å². The van der Waals surface area contributed by atoms with Gasteiger partial charge in [-0.15, -0.1) is 0 Å². The van der Waals surface area contributed by atoms with E-state index in [-0.39, 0.29) is 18.5 Å². The molecule has 0 fully saturated rings. The van der Waals surface area contributed by atoms with E-state index in [1.807, 2.05) is 0 Å². The zero-order chi connectivity index (χ0) is 5.70. The van der Waals surface area contributed by atoms with Crippen LogP contribution in [-0.2, 0) is 4.79 Å². The smallest absolute Gasteiger partial charge is 0.303 e. The minimum Gasteiger partial charge on any atom is -0.481 e. The number of carbonyl (C=O) groups is 1. The Morgan fingerprint density at radius 2 is 2.00 bits per heavy atom. The molecule has 0 rings (SSSR count). The van der Waals surface area contributed by atoms with E-state index in [1.165, 1.54) is 0 Å². The molecule has 4 N–H and O–H groups in total. The quantitative estimate of drug-likeness (QED) is 0.504. The number of hydrogen-bond acceptors (Lipinski definition) is 2. The van der Waals surface area contributed by atoms with Crippen molar-refractivity contribution >= 4 is 5.97 Å². The van der Waals surface area contributed by atoms with Crippen molar-refractivity contribution in [2.24, 2.45) is 0 Å². The minimum absolute atomic E-state index is 0. The van der Waals surface area contributed by atoms with Crippen LogP contribution in [0, 0.1) is 0 Å². The molecule has 0 bridgehead atoms. The van der Waals surface area contributed by atoms with Gasteiger partial charge >= 0.3 is 5.97 Å². The normalized spacial score (nSPS) is 7.62. The van der Waals surface area contributed by atoms with E-state index in [9.17, 15) is 4.79 Å². The topological polar surface area (TPSA) is 89.0 Å². The summed E-state index contributed by atoms with van der Waals surface area (Å²) in [7, 11) is 0. The second kappa shape index (κ2) is 6.39. The third kappa shape index (κ3) is 9.04. The Morgan fingerprint density at radius 3 is 2.12 bits per heavy atom. The van der Waals surface area contributed by atoms with E-state index >= 15 is 0 Å².